The fourth-order valence-electron chi connectivity index (χ4n) is 1.56. The summed E-state index contributed by atoms with van der Waals surface area (Å²) in [5.74, 6) is 0.118. The SMILES string of the molecule is Nc1cc(C(=O)NC[C@H]2CCCO2)[nH]n1. The Morgan fingerprint density at radius 2 is 2.67 bits per heavy atom. The van der Waals surface area contributed by atoms with Gasteiger partial charge >= 0.3 is 0 Å². The van der Waals surface area contributed by atoms with Gasteiger partial charge in [0, 0.05) is 19.2 Å². The lowest BCUT2D eigenvalue weighted by Gasteiger charge is -2.09. The second-order valence-electron chi connectivity index (χ2n) is 3.55. The van der Waals surface area contributed by atoms with Gasteiger partial charge in [0.05, 0.1) is 6.10 Å². The number of aromatic nitrogens is 2. The monoisotopic (exact) mass is 210 g/mol. The summed E-state index contributed by atoms with van der Waals surface area (Å²) in [4.78, 5) is 11.5. The number of hydrogen-bond acceptors (Lipinski definition) is 4. The van der Waals surface area contributed by atoms with Crippen LogP contribution in [0.25, 0.3) is 0 Å². The van der Waals surface area contributed by atoms with E-state index in [9.17, 15) is 4.79 Å². The summed E-state index contributed by atoms with van der Waals surface area (Å²) in [6, 6.07) is 1.50. The lowest BCUT2D eigenvalue weighted by atomic mass is 10.2. The number of nitrogens with zero attached hydrogens (tertiary/aromatic N) is 1. The van der Waals surface area contributed by atoms with Crippen LogP contribution in [0.2, 0.25) is 0 Å². The molecule has 1 saturated heterocycles. The Hall–Kier alpha value is -1.56. The molecule has 6 heteroatoms. The van der Waals surface area contributed by atoms with Crippen molar-refractivity contribution in [2.75, 3.05) is 18.9 Å². The molecule has 1 aromatic rings. The van der Waals surface area contributed by atoms with Crippen LogP contribution in [0.3, 0.4) is 0 Å². The number of nitrogens with two attached hydrogens (primary N) is 1. The van der Waals surface area contributed by atoms with Gasteiger partial charge in [0.2, 0.25) is 0 Å². The van der Waals surface area contributed by atoms with E-state index in [4.69, 9.17) is 10.5 Å². The molecule has 0 bridgehead atoms. The third kappa shape index (κ3) is 2.47. The van der Waals surface area contributed by atoms with Crippen molar-refractivity contribution in [3.63, 3.8) is 0 Å². The van der Waals surface area contributed by atoms with Crippen molar-refractivity contribution in [3.05, 3.63) is 11.8 Å². The molecule has 1 aliphatic heterocycles. The topological polar surface area (TPSA) is 93.0 Å². The van der Waals surface area contributed by atoms with Crippen LogP contribution in [0.5, 0.6) is 0 Å². The largest absolute Gasteiger partial charge is 0.382 e. The van der Waals surface area contributed by atoms with Crippen LogP contribution in [0.15, 0.2) is 6.07 Å². The Morgan fingerprint density at radius 3 is 3.27 bits per heavy atom. The number of rotatable bonds is 3. The van der Waals surface area contributed by atoms with Crippen LogP contribution >= 0.6 is 0 Å². The normalized spacial score (nSPS) is 20.4. The lowest BCUT2D eigenvalue weighted by molar-refractivity contribution is 0.0853. The highest BCUT2D eigenvalue weighted by molar-refractivity contribution is 5.92. The average molecular weight is 210 g/mol. The molecule has 1 aromatic heterocycles. The van der Waals surface area contributed by atoms with Gasteiger partial charge in [-0.1, -0.05) is 0 Å². The Labute approximate surface area is 87.2 Å². The first-order chi connectivity index (χ1) is 7.25. The number of amides is 1. The maximum atomic E-state index is 11.5. The van der Waals surface area contributed by atoms with E-state index in [-0.39, 0.29) is 12.0 Å². The molecular formula is C9H14N4O2. The molecule has 4 N–H and O–H groups in total. The smallest absolute Gasteiger partial charge is 0.269 e. The van der Waals surface area contributed by atoms with E-state index in [1.54, 1.807) is 0 Å². The highest BCUT2D eigenvalue weighted by Gasteiger charge is 2.17. The van der Waals surface area contributed by atoms with Crippen molar-refractivity contribution in [1.29, 1.82) is 0 Å². The van der Waals surface area contributed by atoms with Crippen molar-refractivity contribution in [3.8, 4) is 0 Å². The second-order valence-corrected chi connectivity index (χ2v) is 3.55. The van der Waals surface area contributed by atoms with Crippen molar-refractivity contribution in [2.24, 2.45) is 0 Å². The summed E-state index contributed by atoms with van der Waals surface area (Å²) in [7, 11) is 0. The maximum Gasteiger partial charge on any atom is 0.269 e. The van der Waals surface area contributed by atoms with E-state index in [1.807, 2.05) is 0 Å². The molecule has 1 amide bonds. The minimum atomic E-state index is -0.199. The van der Waals surface area contributed by atoms with Gasteiger partial charge in [0.15, 0.2) is 0 Å². The molecule has 2 heterocycles. The van der Waals surface area contributed by atoms with Gasteiger partial charge in [0.25, 0.3) is 5.91 Å². The molecule has 0 aromatic carbocycles. The predicted molar refractivity (Wildman–Crippen MR) is 54.3 cm³/mol. The number of H-pyrrole nitrogens is 1. The minimum Gasteiger partial charge on any atom is -0.382 e. The molecule has 1 aliphatic rings. The van der Waals surface area contributed by atoms with E-state index >= 15 is 0 Å². The van der Waals surface area contributed by atoms with Gasteiger partial charge in [-0.05, 0) is 12.8 Å². The molecule has 2 rings (SSSR count). The Bertz CT molecular complexity index is 344. The van der Waals surface area contributed by atoms with Gasteiger partial charge < -0.3 is 15.8 Å². The number of nitrogens with one attached hydrogen (secondary N) is 2. The van der Waals surface area contributed by atoms with E-state index in [0.717, 1.165) is 19.4 Å². The highest BCUT2D eigenvalue weighted by atomic mass is 16.5. The molecule has 1 atom stereocenters. The number of hydrogen-bond donors (Lipinski definition) is 3. The first-order valence-corrected chi connectivity index (χ1v) is 4.96. The molecule has 6 nitrogen and oxygen atoms in total. The Morgan fingerprint density at radius 1 is 1.80 bits per heavy atom. The highest BCUT2D eigenvalue weighted by Crippen LogP contribution is 2.10. The van der Waals surface area contributed by atoms with Crippen LogP contribution < -0.4 is 11.1 Å². The van der Waals surface area contributed by atoms with E-state index in [2.05, 4.69) is 15.5 Å². The number of ether oxygens (including phenoxy) is 1. The lowest BCUT2D eigenvalue weighted by Crippen LogP contribution is -2.31. The van der Waals surface area contributed by atoms with Crippen molar-refractivity contribution >= 4 is 11.7 Å². The van der Waals surface area contributed by atoms with Gasteiger partial charge in [-0.2, -0.15) is 5.10 Å². The average Bonchev–Trinajstić information content (AvgIpc) is 2.84. The number of carbonyl (C=O) groups is 1. The zero-order valence-corrected chi connectivity index (χ0v) is 8.32. The van der Waals surface area contributed by atoms with Gasteiger partial charge in [0.1, 0.15) is 11.5 Å². The summed E-state index contributed by atoms with van der Waals surface area (Å²) in [5.41, 5.74) is 5.77. The van der Waals surface area contributed by atoms with Gasteiger partial charge in [-0.3, -0.25) is 9.89 Å². The number of carbonyl (C=O) groups excluding carboxylic acids is 1. The van der Waals surface area contributed by atoms with E-state index in [1.165, 1.54) is 6.07 Å². The standard InChI is InChI=1S/C9H14N4O2/c10-8-4-7(12-13-8)9(14)11-5-6-2-1-3-15-6/h4,6H,1-3,5H2,(H,11,14)(H3,10,12,13)/t6-/m1/s1. The first kappa shape index (κ1) is 9.97. The molecule has 0 unspecified atom stereocenters. The van der Waals surface area contributed by atoms with Crippen LogP contribution in [0.1, 0.15) is 23.3 Å². The van der Waals surface area contributed by atoms with Crippen LogP contribution in [0, 0.1) is 0 Å². The summed E-state index contributed by atoms with van der Waals surface area (Å²) in [6.07, 6.45) is 2.22. The molecule has 82 valence electrons. The van der Waals surface area contributed by atoms with Crippen LogP contribution in [0.4, 0.5) is 5.82 Å². The van der Waals surface area contributed by atoms with Crippen LogP contribution in [-0.2, 0) is 4.74 Å². The number of aromatic amines is 1. The molecule has 0 saturated carbocycles. The third-order valence-corrected chi connectivity index (χ3v) is 2.36. The third-order valence-electron chi connectivity index (χ3n) is 2.36. The molecule has 0 spiro atoms. The van der Waals surface area contributed by atoms with Crippen molar-refractivity contribution in [2.45, 2.75) is 18.9 Å². The van der Waals surface area contributed by atoms with Crippen molar-refractivity contribution in [1.82, 2.24) is 15.5 Å². The summed E-state index contributed by atoms with van der Waals surface area (Å²) >= 11 is 0. The van der Waals surface area contributed by atoms with Gasteiger partial charge in [-0.15, -0.1) is 0 Å². The zero-order valence-electron chi connectivity index (χ0n) is 8.32. The van der Waals surface area contributed by atoms with Gasteiger partial charge in [-0.25, -0.2) is 0 Å². The quantitative estimate of drug-likeness (QED) is 0.649. The zero-order chi connectivity index (χ0) is 10.7. The first-order valence-electron chi connectivity index (χ1n) is 4.96. The van der Waals surface area contributed by atoms with Crippen LogP contribution in [-0.4, -0.2) is 35.4 Å². The molecule has 0 radical (unpaired) electrons. The Kier molecular flexibility index (Phi) is 2.86. The van der Waals surface area contributed by atoms with Crippen molar-refractivity contribution < 1.29 is 9.53 Å². The molecule has 1 fully saturated rings. The fourth-order valence-corrected chi connectivity index (χ4v) is 1.56. The summed E-state index contributed by atoms with van der Waals surface area (Å²) < 4.78 is 5.38. The molecular weight excluding hydrogens is 196 g/mol. The molecule has 0 aliphatic carbocycles. The fraction of sp³-hybridized carbons (Fsp3) is 0.556. The Balaban J connectivity index is 1.81. The maximum absolute atomic E-state index is 11.5. The number of nitrogen functional groups attached to an aromatic ring is 1. The van der Waals surface area contributed by atoms with E-state index < -0.39 is 0 Å². The number of anilines is 1. The van der Waals surface area contributed by atoms with E-state index in [0.29, 0.717) is 18.1 Å². The minimum absolute atomic E-state index is 0.147. The summed E-state index contributed by atoms with van der Waals surface area (Å²) in [5, 5.41) is 8.99. The second kappa shape index (κ2) is 4.31. The summed E-state index contributed by atoms with van der Waals surface area (Å²) in [6.45, 7) is 1.33. The molecule has 15 heavy (non-hydrogen) atoms. The predicted octanol–water partition coefficient (Wildman–Crippen LogP) is -0.0993.